The molecule has 1 unspecified atom stereocenters. The second-order valence-electron chi connectivity index (χ2n) is 5.81. The van der Waals surface area contributed by atoms with Crippen LogP contribution in [-0.4, -0.2) is 33.0 Å². The number of aryl methyl sites for hydroxylation is 2. The number of rotatable bonds is 3. The Balaban J connectivity index is 1.85. The lowest BCUT2D eigenvalue weighted by molar-refractivity contribution is 0.496. The summed E-state index contributed by atoms with van der Waals surface area (Å²) in [7, 11) is 0. The van der Waals surface area contributed by atoms with E-state index in [0.29, 0.717) is 11.6 Å². The van der Waals surface area contributed by atoms with Gasteiger partial charge in [-0.15, -0.1) is 0 Å². The number of piperidine rings is 1. The molecule has 0 spiro atoms. The maximum atomic E-state index is 9.17. The summed E-state index contributed by atoms with van der Waals surface area (Å²) < 4.78 is 0. The van der Waals surface area contributed by atoms with Gasteiger partial charge in [0.05, 0.1) is 0 Å². The zero-order valence-electron chi connectivity index (χ0n) is 13.5. The molecule has 0 radical (unpaired) electrons. The fraction of sp³-hybridized carbons (Fsp3) is 0.471. The van der Waals surface area contributed by atoms with Crippen molar-refractivity contribution in [1.29, 1.82) is 5.26 Å². The van der Waals surface area contributed by atoms with Gasteiger partial charge in [0.15, 0.2) is 0 Å². The highest BCUT2D eigenvalue weighted by Gasteiger charge is 2.24. The van der Waals surface area contributed by atoms with E-state index in [-0.39, 0.29) is 0 Å². The Labute approximate surface area is 136 Å². The van der Waals surface area contributed by atoms with Crippen molar-refractivity contribution in [2.45, 2.75) is 39.0 Å². The number of nitriles is 1. The minimum atomic E-state index is 0.371. The highest BCUT2D eigenvalue weighted by Crippen LogP contribution is 2.28. The Kier molecular flexibility index (Phi) is 4.47. The van der Waals surface area contributed by atoms with Gasteiger partial charge >= 0.3 is 0 Å². The first-order valence-corrected chi connectivity index (χ1v) is 8.02. The number of aromatic nitrogens is 4. The molecule has 1 atom stereocenters. The SMILES string of the molecule is CCc1nc(C#N)cc(N2CCCC(c3ccnc(C)n3)C2)n1. The molecule has 0 aromatic carbocycles. The third-order valence-corrected chi connectivity index (χ3v) is 4.15. The van der Waals surface area contributed by atoms with Crippen molar-refractivity contribution in [3.63, 3.8) is 0 Å². The van der Waals surface area contributed by atoms with Gasteiger partial charge in [-0.05, 0) is 25.8 Å². The van der Waals surface area contributed by atoms with Crippen LogP contribution in [0.15, 0.2) is 18.3 Å². The van der Waals surface area contributed by atoms with Gasteiger partial charge in [-0.2, -0.15) is 5.26 Å². The Bertz CT molecular complexity index is 736. The average molecular weight is 308 g/mol. The summed E-state index contributed by atoms with van der Waals surface area (Å²) in [5, 5.41) is 9.17. The quantitative estimate of drug-likeness (QED) is 0.866. The van der Waals surface area contributed by atoms with Gasteiger partial charge in [-0.1, -0.05) is 6.92 Å². The zero-order valence-corrected chi connectivity index (χ0v) is 13.5. The van der Waals surface area contributed by atoms with Crippen molar-refractivity contribution >= 4 is 5.82 Å². The van der Waals surface area contributed by atoms with Crippen LogP contribution in [0, 0.1) is 18.3 Å². The van der Waals surface area contributed by atoms with E-state index in [4.69, 9.17) is 5.26 Å². The van der Waals surface area contributed by atoms with E-state index < -0.39 is 0 Å². The highest BCUT2D eigenvalue weighted by molar-refractivity contribution is 5.44. The lowest BCUT2D eigenvalue weighted by atomic mass is 9.94. The molecule has 0 saturated carbocycles. The Morgan fingerprint density at radius 2 is 2.22 bits per heavy atom. The van der Waals surface area contributed by atoms with Gasteiger partial charge in [0.2, 0.25) is 0 Å². The monoisotopic (exact) mass is 308 g/mol. The molecule has 1 saturated heterocycles. The van der Waals surface area contributed by atoms with Crippen molar-refractivity contribution in [3.05, 3.63) is 41.4 Å². The number of hydrogen-bond donors (Lipinski definition) is 0. The van der Waals surface area contributed by atoms with Crippen molar-refractivity contribution in [1.82, 2.24) is 19.9 Å². The molecule has 2 aromatic heterocycles. The van der Waals surface area contributed by atoms with Crippen LogP contribution in [0.25, 0.3) is 0 Å². The van der Waals surface area contributed by atoms with Crippen LogP contribution in [0.2, 0.25) is 0 Å². The Morgan fingerprint density at radius 1 is 1.35 bits per heavy atom. The maximum Gasteiger partial charge on any atom is 0.146 e. The molecular formula is C17H20N6. The van der Waals surface area contributed by atoms with Crippen LogP contribution in [0.3, 0.4) is 0 Å². The lowest BCUT2D eigenvalue weighted by Crippen LogP contribution is -2.35. The van der Waals surface area contributed by atoms with Crippen LogP contribution in [0.1, 0.15) is 48.7 Å². The first-order chi connectivity index (χ1) is 11.2. The van der Waals surface area contributed by atoms with Gasteiger partial charge in [0.25, 0.3) is 0 Å². The van der Waals surface area contributed by atoms with E-state index in [1.54, 1.807) is 6.07 Å². The van der Waals surface area contributed by atoms with Crippen molar-refractivity contribution in [2.24, 2.45) is 0 Å². The minimum Gasteiger partial charge on any atom is -0.356 e. The number of nitrogens with zero attached hydrogens (tertiary/aromatic N) is 6. The van der Waals surface area contributed by atoms with Gasteiger partial charge in [-0.25, -0.2) is 19.9 Å². The average Bonchev–Trinajstić information content (AvgIpc) is 2.61. The molecule has 1 aliphatic heterocycles. The fourth-order valence-electron chi connectivity index (χ4n) is 2.99. The molecule has 0 amide bonds. The van der Waals surface area contributed by atoms with Crippen LogP contribution in [0.4, 0.5) is 5.82 Å². The third kappa shape index (κ3) is 3.45. The van der Waals surface area contributed by atoms with E-state index in [1.807, 2.05) is 26.1 Å². The van der Waals surface area contributed by atoms with Crippen molar-refractivity contribution < 1.29 is 0 Å². The normalized spacial score (nSPS) is 17.8. The van der Waals surface area contributed by atoms with E-state index in [0.717, 1.165) is 55.5 Å². The second-order valence-corrected chi connectivity index (χ2v) is 5.81. The first kappa shape index (κ1) is 15.3. The van der Waals surface area contributed by atoms with E-state index in [2.05, 4.69) is 30.9 Å². The zero-order chi connectivity index (χ0) is 16.2. The molecule has 118 valence electrons. The predicted molar refractivity (Wildman–Crippen MR) is 87.1 cm³/mol. The predicted octanol–water partition coefficient (Wildman–Crippen LogP) is 2.39. The molecule has 2 aromatic rings. The molecule has 6 nitrogen and oxygen atoms in total. The smallest absolute Gasteiger partial charge is 0.146 e. The first-order valence-electron chi connectivity index (χ1n) is 8.02. The van der Waals surface area contributed by atoms with E-state index in [1.165, 1.54) is 0 Å². The Hall–Kier alpha value is -2.55. The number of hydrogen-bond acceptors (Lipinski definition) is 6. The molecule has 1 aliphatic rings. The van der Waals surface area contributed by atoms with Crippen LogP contribution < -0.4 is 4.90 Å². The van der Waals surface area contributed by atoms with Crippen LogP contribution in [-0.2, 0) is 6.42 Å². The van der Waals surface area contributed by atoms with Crippen LogP contribution in [0.5, 0.6) is 0 Å². The molecule has 3 heterocycles. The summed E-state index contributed by atoms with van der Waals surface area (Å²) in [5.41, 5.74) is 1.53. The largest absolute Gasteiger partial charge is 0.356 e. The molecule has 0 aliphatic carbocycles. The minimum absolute atomic E-state index is 0.371. The third-order valence-electron chi connectivity index (χ3n) is 4.15. The van der Waals surface area contributed by atoms with Gasteiger partial charge in [0, 0.05) is 43.4 Å². The van der Waals surface area contributed by atoms with E-state index in [9.17, 15) is 0 Å². The molecule has 0 N–H and O–H groups in total. The van der Waals surface area contributed by atoms with Crippen molar-refractivity contribution in [2.75, 3.05) is 18.0 Å². The van der Waals surface area contributed by atoms with Crippen molar-refractivity contribution in [3.8, 4) is 6.07 Å². The summed E-state index contributed by atoms with van der Waals surface area (Å²) in [6, 6.07) is 5.92. The lowest BCUT2D eigenvalue weighted by Gasteiger charge is -2.33. The van der Waals surface area contributed by atoms with Gasteiger partial charge < -0.3 is 4.90 Å². The molecule has 23 heavy (non-hydrogen) atoms. The molecular weight excluding hydrogens is 288 g/mol. The summed E-state index contributed by atoms with van der Waals surface area (Å²) >= 11 is 0. The topological polar surface area (TPSA) is 78.6 Å². The summed E-state index contributed by atoms with van der Waals surface area (Å²) in [5.74, 6) is 2.75. The maximum absolute atomic E-state index is 9.17. The second kappa shape index (κ2) is 6.69. The summed E-state index contributed by atoms with van der Waals surface area (Å²) in [4.78, 5) is 19.8. The standard InChI is InChI=1S/C17H20N6/c1-3-16-21-14(10-18)9-17(22-16)23-8-4-5-13(11-23)15-6-7-19-12(2)20-15/h6-7,9,13H,3-5,8,11H2,1-2H3. The Morgan fingerprint density at radius 3 is 2.96 bits per heavy atom. The van der Waals surface area contributed by atoms with Crippen LogP contribution >= 0.6 is 0 Å². The highest BCUT2D eigenvalue weighted by atomic mass is 15.2. The molecule has 6 heteroatoms. The van der Waals surface area contributed by atoms with Gasteiger partial charge in [0.1, 0.15) is 29.2 Å². The van der Waals surface area contributed by atoms with E-state index >= 15 is 0 Å². The molecule has 0 bridgehead atoms. The summed E-state index contributed by atoms with van der Waals surface area (Å²) in [6.07, 6.45) is 4.75. The molecule has 3 rings (SSSR count). The fourth-order valence-corrected chi connectivity index (χ4v) is 2.99. The van der Waals surface area contributed by atoms with Gasteiger partial charge in [-0.3, -0.25) is 0 Å². The number of anilines is 1. The summed E-state index contributed by atoms with van der Waals surface area (Å²) in [6.45, 7) is 5.73. The molecule has 1 fully saturated rings.